The normalized spacial score (nSPS) is 15.1. The second-order valence-corrected chi connectivity index (χ2v) is 8.26. The lowest BCUT2D eigenvalue weighted by atomic mass is 10.2. The predicted molar refractivity (Wildman–Crippen MR) is 123 cm³/mol. The number of aromatic nitrogens is 1. The van der Waals surface area contributed by atoms with Crippen LogP contribution in [0.1, 0.15) is 17.4 Å². The van der Waals surface area contributed by atoms with Crippen molar-refractivity contribution < 1.29 is 27.6 Å². The molecule has 3 aromatic rings. The molecule has 0 spiro atoms. The Morgan fingerprint density at radius 3 is 2.43 bits per heavy atom. The van der Waals surface area contributed by atoms with Crippen molar-refractivity contribution in [2.24, 2.45) is 0 Å². The number of H-pyrrole nitrogens is 1. The number of carbonyl (C=O) groups is 3. The SMILES string of the molecule is CC(C(=O)NCC(=O)Nc1ccc(F)c(F)c1F)N1CCN(C(=O)c2cc3ccccc3[nH]2)CC1. The van der Waals surface area contributed by atoms with Gasteiger partial charge in [-0.05, 0) is 31.2 Å². The average molecular weight is 487 g/mol. The van der Waals surface area contributed by atoms with Gasteiger partial charge >= 0.3 is 0 Å². The molecule has 2 heterocycles. The molecule has 4 rings (SSSR count). The fourth-order valence-electron chi connectivity index (χ4n) is 3.97. The summed E-state index contributed by atoms with van der Waals surface area (Å²) in [7, 11) is 0. The third-order valence-electron chi connectivity index (χ3n) is 6.02. The van der Waals surface area contributed by atoms with Crippen molar-refractivity contribution in [3.63, 3.8) is 0 Å². The number of benzene rings is 2. The Hall–Kier alpha value is -3.86. The van der Waals surface area contributed by atoms with Gasteiger partial charge in [-0.25, -0.2) is 13.2 Å². The second kappa shape index (κ2) is 10.2. The van der Waals surface area contributed by atoms with Gasteiger partial charge in [0.2, 0.25) is 11.8 Å². The lowest BCUT2D eigenvalue weighted by Crippen LogP contribution is -2.55. The lowest BCUT2D eigenvalue weighted by molar-refractivity contribution is -0.128. The van der Waals surface area contributed by atoms with E-state index in [2.05, 4.69) is 15.6 Å². The molecule has 1 saturated heterocycles. The second-order valence-electron chi connectivity index (χ2n) is 8.26. The number of halogens is 3. The Balaban J connectivity index is 1.25. The van der Waals surface area contributed by atoms with Crippen molar-refractivity contribution >= 4 is 34.3 Å². The molecule has 3 amide bonds. The van der Waals surface area contributed by atoms with Crippen LogP contribution in [0.25, 0.3) is 10.9 Å². The average Bonchev–Trinajstić information content (AvgIpc) is 3.31. The molecular weight excluding hydrogens is 463 g/mol. The topological polar surface area (TPSA) is 97.5 Å². The number of carbonyl (C=O) groups excluding carboxylic acids is 3. The predicted octanol–water partition coefficient (Wildman–Crippen LogP) is 2.49. The fourth-order valence-corrected chi connectivity index (χ4v) is 3.97. The van der Waals surface area contributed by atoms with Crippen LogP contribution in [0.15, 0.2) is 42.5 Å². The summed E-state index contributed by atoms with van der Waals surface area (Å²) < 4.78 is 40.0. The third-order valence-corrected chi connectivity index (χ3v) is 6.02. The number of para-hydroxylation sites is 1. The summed E-state index contributed by atoms with van der Waals surface area (Å²) in [5.74, 6) is -5.91. The van der Waals surface area contributed by atoms with Crippen LogP contribution < -0.4 is 10.6 Å². The Labute approximate surface area is 199 Å². The van der Waals surface area contributed by atoms with Gasteiger partial charge in [-0.1, -0.05) is 18.2 Å². The molecular formula is C24H24F3N5O3. The molecule has 11 heteroatoms. The molecule has 3 N–H and O–H groups in total. The summed E-state index contributed by atoms with van der Waals surface area (Å²) in [6.07, 6.45) is 0. The van der Waals surface area contributed by atoms with Gasteiger partial charge < -0.3 is 20.5 Å². The molecule has 8 nitrogen and oxygen atoms in total. The van der Waals surface area contributed by atoms with Gasteiger partial charge in [0.15, 0.2) is 17.5 Å². The Kier molecular flexibility index (Phi) is 7.06. The lowest BCUT2D eigenvalue weighted by Gasteiger charge is -2.37. The molecule has 35 heavy (non-hydrogen) atoms. The summed E-state index contributed by atoms with van der Waals surface area (Å²) in [5.41, 5.74) is 0.872. The number of nitrogens with zero attached hydrogens (tertiary/aromatic N) is 2. The number of fused-ring (bicyclic) bond motifs is 1. The number of hydrogen-bond donors (Lipinski definition) is 3. The van der Waals surface area contributed by atoms with E-state index in [-0.39, 0.29) is 5.91 Å². The highest BCUT2D eigenvalue weighted by Gasteiger charge is 2.28. The van der Waals surface area contributed by atoms with E-state index in [0.717, 1.165) is 17.0 Å². The molecule has 184 valence electrons. The highest BCUT2D eigenvalue weighted by Crippen LogP contribution is 2.20. The molecule has 1 fully saturated rings. The molecule has 0 radical (unpaired) electrons. The largest absolute Gasteiger partial charge is 0.351 e. The van der Waals surface area contributed by atoms with Gasteiger partial charge in [0.1, 0.15) is 5.69 Å². The first kappa shape index (κ1) is 24.3. The zero-order valence-electron chi connectivity index (χ0n) is 18.9. The van der Waals surface area contributed by atoms with Crippen LogP contribution in [0, 0.1) is 17.5 Å². The quantitative estimate of drug-likeness (QED) is 0.466. The molecule has 0 saturated carbocycles. The van der Waals surface area contributed by atoms with E-state index in [1.165, 1.54) is 0 Å². The number of nitrogens with one attached hydrogen (secondary N) is 3. The zero-order valence-corrected chi connectivity index (χ0v) is 18.9. The molecule has 1 unspecified atom stereocenters. The van der Waals surface area contributed by atoms with Crippen molar-refractivity contribution in [3.05, 3.63) is 65.6 Å². The van der Waals surface area contributed by atoms with E-state index in [0.29, 0.717) is 37.9 Å². The molecule has 0 aliphatic carbocycles. The monoisotopic (exact) mass is 487 g/mol. The summed E-state index contributed by atoms with van der Waals surface area (Å²) in [6.45, 7) is 3.00. The molecule has 1 aliphatic heterocycles. The first-order valence-corrected chi connectivity index (χ1v) is 11.1. The zero-order chi connectivity index (χ0) is 25.1. The number of anilines is 1. The molecule has 2 aromatic carbocycles. The number of piperazine rings is 1. The van der Waals surface area contributed by atoms with Crippen molar-refractivity contribution in [3.8, 4) is 0 Å². The smallest absolute Gasteiger partial charge is 0.270 e. The number of hydrogen-bond acceptors (Lipinski definition) is 4. The van der Waals surface area contributed by atoms with Crippen LogP contribution in [0.4, 0.5) is 18.9 Å². The Bertz CT molecular complexity index is 1240. The van der Waals surface area contributed by atoms with Gasteiger partial charge in [-0.3, -0.25) is 19.3 Å². The van der Waals surface area contributed by atoms with Gasteiger partial charge in [0.25, 0.3) is 5.91 Å². The van der Waals surface area contributed by atoms with Crippen molar-refractivity contribution in [2.45, 2.75) is 13.0 Å². The van der Waals surface area contributed by atoms with Crippen molar-refractivity contribution in [2.75, 3.05) is 38.0 Å². The first-order valence-electron chi connectivity index (χ1n) is 11.1. The molecule has 1 atom stereocenters. The van der Waals surface area contributed by atoms with Crippen LogP contribution in [0.5, 0.6) is 0 Å². The van der Waals surface area contributed by atoms with E-state index in [1.54, 1.807) is 11.8 Å². The highest BCUT2D eigenvalue weighted by molar-refractivity contribution is 5.98. The minimum atomic E-state index is -1.69. The van der Waals surface area contributed by atoms with Crippen LogP contribution in [0.2, 0.25) is 0 Å². The van der Waals surface area contributed by atoms with E-state index in [1.807, 2.05) is 35.2 Å². The maximum Gasteiger partial charge on any atom is 0.270 e. The summed E-state index contributed by atoms with van der Waals surface area (Å²) in [5, 5.41) is 5.51. The van der Waals surface area contributed by atoms with E-state index in [4.69, 9.17) is 0 Å². The number of amides is 3. The number of rotatable bonds is 6. The third kappa shape index (κ3) is 5.29. The minimum absolute atomic E-state index is 0.112. The van der Waals surface area contributed by atoms with Gasteiger partial charge in [0, 0.05) is 37.1 Å². The molecule has 1 aliphatic rings. The molecule has 0 bridgehead atoms. The Morgan fingerprint density at radius 1 is 1.00 bits per heavy atom. The van der Waals surface area contributed by atoms with Gasteiger partial charge in [-0.15, -0.1) is 0 Å². The summed E-state index contributed by atoms with van der Waals surface area (Å²) >= 11 is 0. The minimum Gasteiger partial charge on any atom is -0.351 e. The Morgan fingerprint density at radius 2 is 1.71 bits per heavy atom. The first-order chi connectivity index (χ1) is 16.7. The van der Waals surface area contributed by atoms with Gasteiger partial charge in [0.05, 0.1) is 18.3 Å². The maximum atomic E-state index is 13.7. The van der Waals surface area contributed by atoms with Crippen molar-refractivity contribution in [1.29, 1.82) is 0 Å². The van der Waals surface area contributed by atoms with Crippen LogP contribution in [-0.4, -0.2) is 71.3 Å². The van der Waals surface area contributed by atoms with Crippen LogP contribution in [0.3, 0.4) is 0 Å². The van der Waals surface area contributed by atoms with Crippen LogP contribution >= 0.6 is 0 Å². The standard InChI is InChI=1S/C24H24F3N5O3/c1-14(23(34)28-13-20(33)30-18-7-6-16(25)21(26)22(18)27)31-8-10-32(11-9-31)24(35)19-12-15-4-2-3-5-17(15)29-19/h2-7,12,14,29H,8-11,13H2,1H3,(H,28,34)(H,30,33). The van der Waals surface area contributed by atoms with E-state index >= 15 is 0 Å². The summed E-state index contributed by atoms with van der Waals surface area (Å²) in [4.78, 5) is 44.1. The van der Waals surface area contributed by atoms with Crippen molar-refractivity contribution in [1.82, 2.24) is 20.1 Å². The van der Waals surface area contributed by atoms with Gasteiger partial charge in [-0.2, -0.15) is 0 Å². The maximum absolute atomic E-state index is 13.7. The highest BCUT2D eigenvalue weighted by atomic mass is 19.2. The fraction of sp³-hybridized carbons (Fsp3) is 0.292. The van der Waals surface area contributed by atoms with E-state index in [9.17, 15) is 27.6 Å². The number of aromatic amines is 1. The summed E-state index contributed by atoms with van der Waals surface area (Å²) in [6, 6.07) is 10.5. The van der Waals surface area contributed by atoms with E-state index < -0.39 is 47.5 Å². The molecule has 1 aromatic heterocycles. The van der Waals surface area contributed by atoms with Crippen LogP contribution in [-0.2, 0) is 9.59 Å².